The monoisotopic (exact) mass is 388 g/mol. The molecule has 2 heterocycles. The van der Waals surface area contributed by atoms with Crippen LogP contribution in [0.15, 0.2) is 28.8 Å². The Morgan fingerprint density at radius 2 is 2.18 bits per heavy atom. The lowest BCUT2D eigenvalue weighted by Crippen LogP contribution is -2.42. The maximum Gasteiger partial charge on any atom is 0.315 e. The van der Waals surface area contributed by atoms with Crippen LogP contribution in [0.25, 0.3) is 0 Å². The number of aromatic nitrogens is 1. The number of hydrogen-bond donors (Lipinski definition) is 2. The van der Waals surface area contributed by atoms with Crippen molar-refractivity contribution in [3.63, 3.8) is 0 Å². The maximum absolute atomic E-state index is 13.2. The predicted octanol–water partition coefficient (Wildman–Crippen LogP) is 2.81. The summed E-state index contributed by atoms with van der Waals surface area (Å²) in [4.78, 5) is 26.4. The van der Waals surface area contributed by atoms with Gasteiger partial charge in [-0.25, -0.2) is 9.18 Å². The number of urea groups is 1. The number of nitrogens with one attached hydrogen (secondary N) is 2. The highest BCUT2D eigenvalue weighted by atomic mass is 19.1. The smallest absolute Gasteiger partial charge is 0.315 e. The van der Waals surface area contributed by atoms with Crippen LogP contribution in [0.2, 0.25) is 0 Å². The number of amides is 3. The SMILES string of the molecule is Cc1noc(C)c1CN1CCC(NC(=O)NCc2cccc(F)c2)CCC1=O. The summed E-state index contributed by atoms with van der Waals surface area (Å²) < 4.78 is 18.4. The molecule has 0 bridgehead atoms. The lowest BCUT2D eigenvalue weighted by atomic mass is 10.1. The topological polar surface area (TPSA) is 87.5 Å². The van der Waals surface area contributed by atoms with Crippen molar-refractivity contribution in [3.05, 3.63) is 52.7 Å². The van der Waals surface area contributed by atoms with E-state index in [1.54, 1.807) is 17.0 Å². The largest absolute Gasteiger partial charge is 0.361 e. The van der Waals surface area contributed by atoms with Crippen LogP contribution in [0.1, 0.15) is 41.8 Å². The molecule has 1 saturated heterocycles. The highest BCUT2D eigenvalue weighted by molar-refractivity contribution is 5.77. The second-order valence-corrected chi connectivity index (χ2v) is 7.10. The number of aryl methyl sites for hydroxylation is 2. The fourth-order valence-corrected chi connectivity index (χ4v) is 3.33. The van der Waals surface area contributed by atoms with Crippen molar-refractivity contribution in [3.8, 4) is 0 Å². The Hall–Kier alpha value is -2.90. The summed E-state index contributed by atoms with van der Waals surface area (Å²) in [6, 6.07) is 5.69. The van der Waals surface area contributed by atoms with Crippen molar-refractivity contribution in [1.29, 1.82) is 0 Å². The average Bonchev–Trinajstić information content (AvgIpc) is 2.87. The molecular weight excluding hydrogens is 363 g/mol. The van der Waals surface area contributed by atoms with Crippen LogP contribution in [-0.4, -0.2) is 34.6 Å². The first-order chi connectivity index (χ1) is 13.4. The molecule has 2 aromatic rings. The van der Waals surface area contributed by atoms with E-state index in [4.69, 9.17) is 4.52 Å². The first-order valence-electron chi connectivity index (χ1n) is 9.40. The first-order valence-corrected chi connectivity index (χ1v) is 9.40. The van der Waals surface area contributed by atoms with E-state index in [1.807, 2.05) is 13.8 Å². The van der Waals surface area contributed by atoms with Gasteiger partial charge in [0.15, 0.2) is 0 Å². The lowest BCUT2D eigenvalue weighted by Gasteiger charge is -2.21. The van der Waals surface area contributed by atoms with Gasteiger partial charge in [-0.05, 0) is 44.4 Å². The Kier molecular flexibility index (Phi) is 6.28. The number of likely N-dealkylation sites (tertiary alicyclic amines) is 1. The summed E-state index contributed by atoms with van der Waals surface area (Å²) in [6.07, 6.45) is 1.63. The molecule has 150 valence electrons. The van der Waals surface area contributed by atoms with Gasteiger partial charge in [0.25, 0.3) is 0 Å². The summed E-state index contributed by atoms with van der Waals surface area (Å²) in [5.74, 6) is 0.450. The molecule has 1 aromatic heterocycles. The normalized spacial score (nSPS) is 17.3. The molecule has 1 unspecified atom stereocenters. The Bertz CT molecular complexity index is 832. The molecular formula is C20H25FN4O3. The minimum absolute atomic E-state index is 0.0597. The zero-order valence-electron chi connectivity index (χ0n) is 16.1. The van der Waals surface area contributed by atoms with Gasteiger partial charge in [0, 0.05) is 31.1 Å². The van der Waals surface area contributed by atoms with Gasteiger partial charge < -0.3 is 20.1 Å². The van der Waals surface area contributed by atoms with E-state index in [0.29, 0.717) is 37.9 Å². The molecule has 2 N–H and O–H groups in total. The van der Waals surface area contributed by atoms with E-state index in [9.17, 15) is 14.0 Å². The van der Waals surface area contributed by atoms with Crippen LogP contribution in [0.5, 0.6) is 0 Å². The number of carbonyl (C=O) groups excluding carboxylic acids is 2. The Morgan fingerprint density at radius 3 is 2.89 bits per heavy atom. The summed E-state index contributed by atoms with van der Waals surface area (Å²) in [7, 11) is 0. The van der Waals surface area contributed by atoms with Gasteiger partial charge in [-0.1, -0.05) is 17.3 Å². The van der Waals surface area contributed by atoms with Crippen LogP contribution in [-0.2, 0) is 17.9 Å². The van der Waals surface area contributed by atoms with E-state index in [0.717, 1.165) is 17.0 Å². The number of nitrogens with zero attached hydrogens (tertiary/aromatic N) is 2. The molecule has 1 aliphatic heterocycles. The zero-order valence-corrected chi connectivity index (χ0v) is 16.1. The molecule has 3 rings (SSSR count). The van der Waals surface area contributed by atoms with Crippen molar-refractivity contribution in [2.24, 2.45) is 0 Å². The molecule has 28 heavy (non-hydrogen) atoms. The second kappa shape index (κ2) is 8.86. The van der Waals surface area contributed by atoms with Gasteiger partial charge in [0.1, 0.15) is 11.6 Å². The molecule has 7 nitrogen and oxygen atoms in total. The van der Waals surface area contributed by atoms with Gasteiger partial charge in [0.05, 0.1) is 12.2 Å². The molecule has 0 saturated carbocycles. The second-order valence-electron chi connectivity index (χ2n) is 7.10. The minimum atomic E-state index is -0.333. The van der Waals surface area contributed by atoms with E-state index < -0.39 is 0 Å². The molecule has 1 aliphatic rings. The quantitative estimate of drug-likeness (QED) is 0.825. The van der Waals surface area contributed by atoms with Gasteiger partial charge in [-0.3, -0.25) is 4.79 Å². The summed E-state index contributed by atoms with van der Waals surface area (Å²) in [5.41, 5.74) is 2.42. The molecule has 8 heteroatoms. The highest BCUT2D eigenvalue weighted by Crippen LogP contribution is 2.19. The van der Waals surface area contributed by atoms with Crippen molar-refractivity contribution in [1.82, 2.24) is 20.7 Å². The molecule has 3 amide bonds. The first kappa shape index (κ1) is 19.9. The van der Waals surface area contributed by atoms with Gasteiger partial charge >= 0.3 is 6.03 Å². The van der Waals surface area contributed by atoms with Crippen LogP contribution in [0, 0.1) is 19.7 Å². The molecule has 0 radical (unpaired) electrons. The number of rotatable bonds is 5. The van der Waals surface area contributed by atoms with E-state index >= 15 is 0 Å². The Morgan fingerprint density at radius 1 is 1.36 bits per heavy atom. The molecule has 0 aliphatic carbocycles. The van der Waals surface area contributed by atoms with Crippen molar-refractivity contribution in [2.45, 2.75) is 52.2 Å². The molecule has 1 atom stereocenters. The zero-order chi connectivity index (χ0) is 20.1. The minimum Gasteiger partial charge on any atom is -0.361 e. The summed E-state index contributed by atoms with van der Waals surface area (Å²) in [5, 5.41) is 9.58. The Labute approximate surface area is 163 Å². The highest BCUT2D eigenvalue weighted by Gasteiger charge is 2.25. The van der Waals surface area contributed by atoms with Crippen LogP contribution in [0.3, 0.4) is 0 Å². The van der Waals surface area contributed by atoms with Crippen molar-refractivity contribution < 1.29 is 18.5 Å². The standard InChI is InChI=1S/C20H25FN4O3/c1-13-18(14(2)28-24-13)12-25-9-8-17(6-7-19(25)26)23-20(27)22-11-15-4-3-5-16(21)10-15/h3-5,10,17H,6-9,11-12H2,1-2H3,(H2,22,23,27). The summed E-state index contributed by atoms with van der Waals surface area (Å²) >= 11 is 0. The van der Waals surface area contributed by atoms with Crippen LogP contribution >= 0.6 is 0 Å². The summed E-state index contributed by atoms with van der Waals surface area (Å²) in [6.45, 7) is 4.97. The predicted molar refractivity (Wildman–Crippen MR) is 101 cm³/mol. The van der Waals surface area contributed by atoms with Crippen molar-refractivity contribution in [2.75, 3.05) is 6.54 Å². The molecule has 1 aromatic carbocycles. The third-order valence-corrected chi connectivity index (χ3v) is 5.01. The van der Waals surface area contributed by atoms with Crippen LogP contribution in [0.4, 0.5) is 9.18 Å². The fourth-order valence-electron chi connectivity index (χ4n) is 3.33. The lowest BCUT2D eigenvalue weighted by molar-refractivity contribution is -0.131. The van der Waals surface area contributed by atoms with Gasteiger partial charge in [-0.2, -0.15) is 0 Å². The van der Waals surface area contributed by atoms with E-state index in [-0.39, 0.29) is 30.3 Å². The molecule has 0 spiro atoms. The average molecular weight is 388 g/mol. The van der Waals surface area contributed by atoms with E-state index in [1.165, 1.54) is 12.1 Å². The van der Waals surface area contributed by atoms with E-state index in [2.05, 4.69) is 15.8 Å². The number of halogens is 1. The van der Waals surface area contributed by atoms with Crippen molar-refractivity contribution >= 4 is 11.9 Å². The maximum atomic E-state index is 13.2. The third-order valence-electron chi connectivity index (χ3n) is 5.01. The van der Waals surface area contributed by atoms with Crippen LogP contribution < -0.4 is 10.6 Å². The number of carbonyl (C=O) groups is 2. The van der Waals surface area contributed by atoms with Gasteiger partial charge in [-0.15, -0.1) is 0 Å². The molecule has 1 fully saturated rings. The number of hydrogen-bond acceptors (Lipinski definition) is 4. The Balaban J connectivity index is 1.50. The fraction of sp³-hybridized carbons (Fsp3) is 0.450. The third kappa shape index (κ3) is 5.09. The van der Waals surface area contributed by atoms with Gasteiger partial charge in [0.2, 0.25) is 5.91 Å². The number of benzene rings is 1.